The van der Waals surface area contributed by atoms with E-state index in [4.69, 9.17) is 4.74 Å². The maximum Gasteiger partial charge on any atom is 0.407 e. The van der Waals surface area contributed by atoms with Crippen molar-refractivity contribution in [3.05, 3.63) is 0 Å². The molecule has 2 N–H and O–H groups in total. The molecule has 1 aliphatic heterocycles. The standard InChI is InChI=1S/C10H20N2O2/c1-8(2)14-10(13)12-6-4-9-3-5-11-7-9/h8-9,11H,3-7H2,1-2H3,(H,12,13). The summed E-state index contributed by atoms with van der Waals surface area (Å²) >= 11 is 0. The first-order valence-electron chi connectivity index (χ1n) is 5.33. The molecule has 4 nitrogen and oxygen atoms in total. The third kappa shape index (κ3) is 4.46. The summed E-state index contributed by atoms with van der Waals surface area (Å²) in [4.78, 5) is 11.1. The van der Waals surface area contributed by atoms with E-state index in [0.29, 0.717) is 5.92 Å². The van der Waals surface area contributed by atoms with Gasteiger partial charge in [0.15, 0.2) is 0 Å². The van der Waals surface area contributed by atoms with Crippen LogP contribution >= 0.6 is 0 Å². The van der Waals surface area contributed by atoms with E-state index in [2.05, 4.69) is 10.6 Å². The molecule has 4 heteroatoms. The van der Waals surface area contributed by atoms with Gasteiger partial charge in [0, 0.05) is 6.54 Å². The predicted octanol–water partition coefficient (Wildman–Crippen LogP) is 1.12. The molecular formula is C10H20N2O2. The van der Waals surface area contributed by atoms with Gasteiger partial charge in [0.1, 0.15) is 0 Å². The monoisotopic (exact) mass is 200 g/mol. The summed E-state index contributed by atoms with van der Waals surface area (Å²) in [5.74, 6) is 0.717. The maximum absolute atomic E-state index is 11.1. The van der Waals surface area contributed by atoms with Gasteiger partial charge in [-0.05, 0) is 45.7 Å². The summed E-state index contributed by atoms with van der Waals surface area (Å²) in [5.41, 5.74) is 0. The average Bonchev–Trinajstić information content (AvgIpc) is 2.55. The first-order chi connectivity index (χ1) is 6.68. The number of nitrogens with one attached hydrogen (secondary N) is 2. The minimum absolute atomic E-state index is 0.0388. The number of rotatable bonds is 4. The van der Waals surface area contributed by atoms with Crippen LogP contribution in [0.3, 0.4) is 0 Å². The number of carbonyl (C=O) groups excluding carboxylic acids is 1. The van der Waals surface area contributed by atoms with Crippen LogP contribution in [0.2, 0.25) is 0 Å². The molecule has 0 aromatic carbocycles. The fraction of sp³-hybridized carbons (Fsp3) is 0.900. The predicted molar refractivity (Wildman–Crippen MR) is 55.2 cm³/mol. The van der Waals surface area contributed by atoms with Gasteiger partial charge in [-0.25, -0.2) is 4.79 Å². The molecule has 1 aliphatic rings. The van der Waals surface area contributed by atoms with E-state index in [0.717, 1.165) is 26.1 Å². The average molecular weight is 200 g/mol. The van der Waals surface area contributed by atoms with Gasteiger partial charge in [0.05, 0.1) is 6.10 Å². The number of amides is 1. The molecule has 0 spiro atoms. The fourth-order valence-corrected chi connectivity index (χ4v) is 1.59. The SMILES string of the molecule is CC(C)OC(=O)NCCC1CCNC1. The zero-order chi connectivity index (χ0) is 10.4. The maximum atomic E-state index is 11.1. The third-order valence-electron chi connectivity index (χ3n) is 2.33. The Morgan fingerprint density at radius 1 is 1.64 bits per heavy atom. The molecule has 0 aromatic rings. The number of hydrogen-bond donors (Lipinski definition) is 2. The topological polar surface area (TPSA) is 50.4 Å². The normalized spacial score (nSPS) is 21.2. The second-order valence-corrected chi connectivity index (χ2v) is 4.03. The lowest BCUT2D eigenvalue weighted by molar-refractivity contribution is 0.115. The van der Waals surface area contributed by atoms with Crippen molar-refractivity contribution >= 4 is 6.09 Å². The van der Waals surface area contributed by atoms with E-state index in [1.54, 1.807) is 0 Å². The van der Waals surface area contributed by atoms with Crippen LogP contribution in [0.4, 0.5) is 4.79 Å². The highest BCUT2D eigenvalue weighted by atomic mass is 16.6. The van der Waals surface area contributed by atoms with Crippen molar-refractivity contribution in [3.63, 3.8) is 0 Å². The van der Waals surface area contributed by atoms with Crippen LogP contribution in [0.15, 0.2) is 0 Å². The summed E-state index contributed by atoms with van der Waals surface area (Å²) in [5, 5.41) is 6.05. The largest absolute Gasteiger partial charge is 0.447 e. The Morgan fingerprint density at radius 3 is 3.00 bits per heavy atom. The van der Waals surface area contributed by atoms with Crippen LogP contribution in [0.25, 0.3) is 0 Å². The van der Waals surface area contributed by atoms with Gasteiger partial charge in [-0.2, -0.15) is 0 Å². The zero-order valence-electron chi connectivity index (χ0n) is 9.01. The van der Waals surface area contributed by atoms with Gasteiger partial charge >= 0.3 is 6.09 Å². The second kappa shape index (κ2) is 5.86. The molecule has 0 radical (unpaired) electrons. The minimum Gasteiger partial charge on any atom is -0.447 e. The number of carbonyl (C=O) groups is 1. The molecule has 82 valence electrons. The smallest absolute Gasteiger partial charge is 0.407 e. The Bertz CT molecular complexity index is 177. The summed E-state index contributed by atoms with van der Waals surface area (Å²) < 4.78 is 4.95. The molecule has 1 rings (SSSR count). The lowest BCUT2D eigenvalue weighted by atomic mass is 10.1. The number of hydrogen-bond acceptors (Lipinski definition) is 3. The summed E-state index contributed by atoms with van der Waals surface area (Å²) in [7, 11) is 0. The highest BCUT2D eigenvalue weighted by Gasteiger charge is 2.14. The second-order valence-electron chi connectivity index (χ2n) is 4.03. The van der Waals surface area contributed by atoms with Gasteiger partial charge in [0.25, 0.3) is 0 Å². The molecule has 1 saturated heterocycles. The number of alkyl carbamates (subject to hydrolysis) is 1. The molecular weight excluding hydrogens is 180 g/mol. The summed E-state index contributed by atoms with van der Waals surface area (Å²) in [6.45, 7) is 6.61. The fourth-order valence-electron chi connectivity index (χ4n) is 1.59. The third-order valence-corrected chi connectivity index (χ3v) is 2.33. The highest BCUT2D eigenvalue weighted by molar-refractivity contribution is 5.67. The van der Waals surface area contributed by atoms with Crippen molar-refractivity contribution in [1.82, 2.24) is 10.6 Å². The molecule has 1 fully saturated rings. The van der Waals surface area contributed by atoms with Gasteiger partial charge in [-0.1, -0.05) is 0 Å². The lowest BCUT2D eigenvalue weighted by Crippen LogP contribution is -2.29. The van der Waals surface area contributed by atoms with Crippen molar-refractivity contribution in [1.29, 1.82) is 0 Å². The summed E-state index contributed by atoms with van der Waals surface area (Å²) in [6.07, 6.45) is 1.93. The first kappa shape index (κ1) is 11.3. The Labute approximate surface area is 85.4 Å². The first-order valence-corrected chi connectivity index (χ1v) is 5.33. The van der Waals surface area contributed by atoms with Gasteiger partial charge in [-0.3, -0.25) is 0 Å². The van der Waals surface area contributed by atoms with Crippen LogP contribution in [0, 0.1) is 5.92 Å². The highest BCUT2D eigenvalue weighted by Crippen LogP contribution is 2.10. The molecule has 0 saturated carbocycles. The van der Waals surface area contributed by atoms with Gasteiger partial charge in [0.2, 0.25) is 0 Å². The van der Waals surface area contributed by atoms with Gasteiger partial charge < -0.3 is 15.4 Å². The molecule has 1 amide bonds. The molecule has 0 aliphatic carbocycles. The molecule has 1 atom stereocenters. The van der Waals surface area contributed by atoms with Crippen LogP contribution < -0.4 is 10.6 Å². The van der Waals surface area contributed by atoms with E-state index in [1.807, 2.05) is 13.8 Å². The minimum atomic E-state index is -0.300. The lowest BCUT2D eigenvalue weighted by Gasteiger charge is -2.11. The van der Waals surface area contributed by atoms with Crippen molar-refractivity contribution in [2.45, 2.75) is 32.8 Å². The summed E-state index contributed by atoms with van der Waals surface area (Å²) in [6, 6.07) is 0. The van der Waals surface area contributed by atoms with E-state index >= 15 is 0 Å². The van der Waals surface area contributed by atoms with E-state index in [9.17, 15) is 4.79 Å². The number of ether oxygens (including phenoxy) is 1. The molecule has 1 unspecified atom stereocenters. The van der Waals surface area contributed by atoms with Crippen LogP contribution in [0.1, 0.15) is 26.7 Å². The van der Waals surface area contributed by atoms with Crippen molar-refractivity contribution in [3.8, 4) is 0 Å². The Morgan fingerprint density at radius 2 is 2.43 bits per heavy atom. The van der Waals surface area contributed by atoms with Crippen LogP contribution in [-0.2, 0) is 4.74 Å². The van der Waals surface area contributed by atoms with Crippen molar-refractivity contribution < 1.29 is 9.53 Å². The van der Waals surface area contributed by atoms with Crippen molar-refractivity contribution in [2.24, 2.45) is 5.92 Å². The molecule has 0 bridgehead atoms. The van der Waals surface area contributed by atoms with Crippen molar-refractivity contribution in [2.75, 3.05) is 19.6 Å². The quantitative estimate of drug-likeness (QED) is 0.715. The molecule has 0 aromatic heterocycles. The molecule has 14 heavy (non-hydrogen) atoms. The van der Waals surface area contributed by atoms with E-state index in [1.165, 1.54) is 6.42 Å². The molecule has 1 heterocycles. The Balaban J connectivity index is 1.99. The zero-order valence-corrected chi connectivity index (χ0v) is 9.01. The van der Waals surface area contributed by atoms with Gasteiger partial charge in [-0.15, -0.1) is 0 Å². The van der Waals surface area contributed by atoms with Crippen LogP contribution in [0.5, 0.6) is 0 Å². The Kier molecular flexibility index (Phi) is 4.73. The van der Waals surface area contributed by atoms with Crippen LogP contribution in [-0.4, -0.2) is 31.8 Å². The Hall–Kier alpha value is -0.770. The van der Waals surface area contributed by atoms with E-state index in [-0.39, 0.29) is 12.2 Å². The van der Waals surface area contributed by atoms with E-state index < -0.39 is 0 Å².